The lowest BCUT2D eigenvalue weighted by molar-refractivity contribution is -0.115. The molecule has 1 aromatic heterocycles. The molecule has 126 valence electrons. The lowest BCUT2D eigenvalue weighted by Gasteiger charge is -2.31. The second-order valence-corrected chi connectivity index (χ2v) is 6.32. The largest absolute Gasteiger partial charge is 0.355 e. The Kier molecular flexibility index (Phi) is 5.03. The van der Waals surface area contributed by atoms with Crippen LogP contribution in [0.1, 0.15) is 25.3 Å². The SMILES string of the molecule is CC1CCCN(c2ccc(NC(=O)Cc3ccc(F)cc3)nn2)C1. The van der Waals surface area contributed by atoms with Crippen LogP contribution in [-0.4, -0.2) is 29.2 Å². The van der Waals surface area contributed by atoms with Crippen molar-refractivity contribution in [3.05, 3.63) is 47.8 Å². The van der Waals surface area contributed by atoms with Crippen LogP contribution < -0.4 is 10.2 Å². The van der Waals surface area contributed by atoms with Gasteiger partial charge in [0, 0.05) is 13.1 Å². The molecule has 1 N–H and O–H groups in total. The summed E-state index contributed by atoms with van der Waals surface area (Å²) < 4.78 is 12.9. The van der Waals surface area contributed by atoms with Gasteiger partial charge in [0.05, 0.1) is 6.42 Å². The molecule has 2 heterocycles. The number of hydrogen-bond acceptors (Lipinski definition) is 4. The highest BCUT2D eigenvalue weighted by Crippen LogP contribution is 2.21. The van der Waals surface area contributed by atoms with Crippen LogP contribution >= 0.6 is 0 Å². The van der Waals surface area contributed by atoms with E-state index in [1.54, 1.807) is 18.2 Å². The Morgan fingerprint density at radius 2 is 2.04 bits per heavy atom. The van der Waals surface area contributed by atoms with E-state index in [4.69, 9.17) is 0 Å². The molecule has 24 heavy (non-hydrogen) atoms. The van der Waals surface area contributed by atoms with Crippen LogP contribution in [0.2, 0.25) is 0 Å². The van der Waals surface area contributed by atoms with Crippen LogP contribution in [0.25, 0.3) is 0 Å². The molecule has 0 saturated carbocycles. The first-order chi connectivity index (χ1) is 11.6. The molecule has 1 atom stereocenters. The molecule has 1 aromatic carbocycles. The van der Waals surface area contributed by atoms with Crippen molar-refractivity contribution in [2.75, 3.05) is 23.3 Å². The average molecular weight is 328 g/mol. The Labute approximate surface area is 140 Å². The summed E-state index contributed by atoms with van der Waals surface area (Å²) in [6.07, 6.45) is 2.59. The number of benzene rings is 1. The van der Waals surface area contributed by atoms with Gasteiger partial charge in [-0.15, -0.1) is 10.2 Å². The maximum absolute atomic E-state index is 12.9. The number of rotatable bonds is 4. The lowest BCUT2D eigenvalue weighted by atomic mass is 10.0. The van der Waals surface area contributed by atoms with Crippen LogP contribution in [0, 0.1) is 11.7 Å². The van der Waals surface area contributed by atoms with Crippen molar-refractivity contribution in [3.63, 3.8) is 0 Å². The molecule has 1 aliphatic heterocycles. The third kappa shape index (κ3) is 4.28. The predicted octanol–water partition coefficient (Wildman–Crippen LogP) is 3.03. The summed E-state index contributed by atoms with van der Waals surface area (Å²) in [5.74, 6) is 1.42. The Morgan fingerprint density at radius 3 is 2.71 bits per heavy atom. The molecule has 1 fully saturated rings. The molecule has 2 aromatic rings. The summed E-state index contributed by atoms with van der Waals surface area (Å²) >= 11 is 0. The zero-order valence-electron chi connectivity index (χ0n) is 13.7. The quantitative estimate of drug-likeness (QED) is 0.937. The van der Waals surface area contributed by atoms with Gasteiger partial charge in [0.2, 0.25) is 5.91 Å². The molecule has 0 radical (unpaired) electrons. The minimum Gasteiger partial charge on any atom is -0.355 e. The van der Waals surface area contributed by atoms with Crippen LogP contribution in [-0.2, 0) is 11.2 Å². The van der Waals surface area contributed by atoms with Gasteiger partial charge in [0.25, 0.3) is 0 Å². The first-order valence-corrected chi connectivity index (χ1v) is 8.23. The first-order valence-electron chi connectivity index (χ1n) is 8.23. The molecular formula is C18H21FN4O. The second kappa shape index (κ2) is 7.38. The van der Waals surface area contributed by atoms with Gasteiger partial charge in [-0.1, -0.05) is 19.1 Å². The molecule has 1 saturated heterocycles. The molecule has 3 rings (SSSR count). The molecule has 1 aliphatic rings. The monoisotopic (exact) mass is 328 g/mol. The van der Waals surface area contributed by atoms with Crippen molar-refractivity contribution < 1.29 is 9.18 Å². The topological polar surface area (TPSA) is 58.1 Å². The number of nitrogens with zero attached hydrogens (tertiary/aromatic N) is 3. The third-order valence-electron chi connectivity index (χ3n) is 4.18. The van der Waals surface area contributed by atoms with Gasteiger partial charge in [0.1, 0.15) is 5.82 Å². The van der Waals surface area contributed by atoms with E-state index in [0.717, 1.165) is 24.5 Å². The molecule has 0 aliphatic carbocycles. The van der Waals surface area contributed by atoms with Crippen molar-refractivity contribution in [2.45, 2.75) is 26.2 Å². The van der Waals surface area contributed by atoms with Crippen molar-refractivity contribution >= 4 is 17.5 Å². The van der Waals surface area contributed by atoms with Gasteiger partial charge in [-0.3, -0.25) is 4.79 Å². The molecule has 5 nitrogen and oxygen atoms in total. The number of anilines is 2. The number of hydrogen-bond donors (Lipinski definition) is 1. The maximum Gasteiger partial charge on any atom is 0.229 e. The minimum absolute atomic E-state index is 0.174. The molecule has 0 spiro atoms. The number of carbonyl (C=O) groups is 1. The Hall–Kier alpha value is -2.50. The highest BCUT2D eigenvalue weighted by atomic mass is 19.1. The number of piperidine rings is 1. The van der Waals surface area contributed by atoms with E-state index in [2.05, 4.69) is 27.3 Å². The van der Waals surface area contributed by atoms with Crippen LogP contribution in [0.4, 0.5) is 16.0 Å². The third-order valence-corrected chi connectivity index (χ3v) is 4.18. The summed E-state index contributed by atoms with van der Waals surface area (Å²) in [7, 11) is 0. The van der Waals surface area contributed by atoms with Crippen LogP contribution in [0.15, 0.2) is 36.4 Å². The molecule has 6 heteroatoms. The summed E-state index contributed by atoms with van der Waals surface area (Å²) in [6.45, 7) is 4.23. The van der Waals surface area contributed by atoms with Gasteiger partial charge in [0.15, 0.2) is 11.6 Å². The Bertz CT molecular complexity index is 687. The fraction of sp³-hybridized carbons (Fsp3) is 0.389. The minimum atomic E-state index is -0.312. The van der Waals surface area contributed by atoms with E-state index in [1.807, 2.05) is 6.07 Å². The molecule has 1 amide bonds. The first kappa shape index (κ1) is 16.4. The number of amides is 1. The van der Waals surface area contributed by atoms with Crippen LogP contribution in [0.5, 0.6) is 0 Å². The van der Waals surface area contributed by atoms with Gasteiger partial charge in [-0.25, -0.2) is 4.39 Å². The maximum atomic E-state index is 12.9. The second-order valence-electron chi connectivity index (χ2n) is 6.32. The van der Waals surface area contributed by atoms with Crippen molar-refractivity contribution in [1.29, 1.82) is 0 Å². The number of carbonyl (C=O) groups excluding carboxylic acids is 1. The fourth-order valence-electron chi connectivity index (χ4n) is 2.93. The molecule has 1 unspecified atom stereocenters. The summed E-state index contributed by atoms with van der Waals surface area (Å²) in [5, 5.41) is 11.0. The van der Waals surface area contributed by atoms with Gasteiger partial charge >= 0.3 is 0 Å². The summed E-state index contributed by atoms with van der Waals surface area (Å²) in [5.41, 5.74) is 0.751. The van der Waals surface area contributed by atoms with E-state index in [-0.39, 0.29) is 18.1 Å². The van der Waals surface area contributed by atoms with E-state index >= 15 is 0 Å². The zero-order valence-corrected chi connectivity index (χ0v) is 13.7. The summed E-state index contributed by atoms with van der Waals surface area (Å²) in [6, 6.07) is 9.54. The van der Waals surface area contributed by atoms with Crippen molar-refractivity contribution in [1.82, 2.24) is 10.2 Å². The van der Waals surface area contributed by atoms with Gasteiger partial charge in [-0.2, -0.15) is 0 Å². The van der Waals surface area contributed by atoms with E-state index in [0.29, 0.717) is 11.7 Å². The van der Waals surface area contributed by atoms with E-state index < -0.39 is 0 Å². The predicted molar refractivity (Wildman–Crippen MR) is 91.4 cm³/mol. The number of halogens is 1. The van der Waals surface area contributed by atoms with E-state index in [9.17, 15) is 9.18 Å². The Balaban J connectivity index is 1.57. The highest BCUT2D eigenvalue weighted by Gasteiger charge is 2.17. The smallest absolute Gasteiger partial charge is 0.229 e. The standard InChI is InChI=1S/C18H21FN4O/c1-13-3-2-10-23(12-13)17-9-8-16(21-22-17)20-18(24)11-14-4-6-15(19)7-5-14/h4-9,13H,2-3,10-12H2,1H3,(H,20,21,24). The summed E-state index contributed by atoms with van der Waals surface area (Å²) in [4.78, 5) is 14.2. The average Bonchev–Trinajstić information content (AvgIpc) is 2.58. The van der Waals surface area contributed by atoms with Crippen molar-refractivity contribution in [2.24, 2.45) is 5.92 Å². The van der Waals surface area contributed by atoms with Crippen molar-refractivity contribution in [3.8, 4) is 0 Å². The van der Waals surface area contributed by atoms with Gasteiger partial charge in [-0.05, 0) is 48.6 Å². The molecular weight excluding hydrogens is 307 g/mol. The fourth-order valence-corrected chi connectivity index (χ4v) is 2.93. The normalized spacial score (nSPS) is 17.6. The Morgan fingerprint density at radius 1 is 1.25 bits per heavy atom. The number of aromatic nitrogens is 2. The molecule has 0 bridgehead atoms. The zero-order chi connectivity index (χ0) is 16.9. The van der Waals surface area contributed by atoms with E-state index in [1.165, 1.54) is 25.0 Å². The van der Waals surface area contributed by atoms with Gasteiger partial charge < -0.3 is 10.2 Å². The lowest BCUT2D eigenvalue weighted by Crippen LogP contribution is -2.34. The highest BCUT2D eigenvalue weighted by molar-refractivity contribution is 5.91. The number of nitrogens with one attached hydrogen (secondary N) is 1. The van der Waals surface area contributed by atoms with Crippen LogP contribution in [0.3, 0.4) is 0 Å².